The summed E-state index contributed by atoms with van der Waals surface area (Å²) in [4.78, 5) is 40.6. The number of halogens is 2. The summed E-state index contributed by atoms with van der Waals surface area (Å²) >= 11 is 9.43. The minimum atomic E-state index is -1.15. The summed E-state index contributed by atoms with van der Waals surface area (Å²) in [5.41, 5.74) is -0.293. The Morgan fingerprint density at radius 3 is 2.62 bits per heavy atom. The molecule has 2 aromatic carbocycles. The third-order valence-electron chi connectivity index (χ3n) is 4.75. The van der Waals surface area contributed by atoms with Gasteiger partial charge in [0.2, 0.25) is 5.75 Å². The molecule has 0 bridgehead atoms. The molecule has 0 aliphatic heterocycles. The van der Waals surface area contributed by atoms with Gasteiger partial charge in [0.15, 0.2) is 6.10 Å². The minimum Gasteiger partial charge on any atom is -0.471 e. The molecule has 0 spiro atoms. The Morgan fingerprint density at radius 1 is 1.29 bits per heavy atom. The molecule has 3 rings (SSSR count). The lowest BCUT2D eigenvalue weighted by Crippen LogP contribution is -2.26. The number of aromatic nitrogens is 2. The summed E-state index contributed by atoms with van der Waals surface area (Å²) in [6, 6.07) is 7.62. The van der Waals surface area contributed by atoms with Crippen molar-refractivity contribution >= 4 is 56.3 Å². The third-order valence-corrected chi connectivity index (χ3v) is 5.46. The first-order valence-electron chi connectivity index (χ1n) is 10.0. The first-order valence-corrected chi connectivity index (χ1v) is 11.2. The Morgan fingerprint density at radius 2 is 2.00 bits per heavy atom. The maximum absolute atomic E-state index is 13.2. The first-order chi connectivity index (χ1) is 16.0. The number of methoxy groups -OCH3 is 1. The highest BCUT2D eigenvalue weighted by Crippen LogP contribution is 2.34. The molecule has 0 unspecified atom stereocenters. The van der Waals surface area contributed by atoms with Crippen molar-refractivity contribution in [2.45, 2.75) is 32.8 Å². The van der Waals surface area contributed by atoms with Crippen LogP contribution in [0.25, 0.3) is 10.9 Å². The predicted molar refractivity (Wildman–Crippen MR) is 131 cm³/mol. The molecule has 34 heavy (non-hydrogen) atoms. The molecule has 178 valence electrons. The van der Waals surface area contributed by atoms with Crippen LogP contribution in [0, 0.1) is 10.1 Å². The number of benzene rings is 2. The topological polar surface area (TPSA) is 126 Å². The highest BCUT2D eigenvalue weighted by atomic mass is 79.9. The van der Waals surface area contributed by atoms with Gasteiger partial charge in [0.05, 0.1) is 29.2 Å². The SMILES string of the molecule is COC(=O)[C@H](C)Oc1c(C=Nn2c(C(C)C)nc3ccc(Br)cc3c2=O)cc(Cl)cc1[N+](=O)[O-]. The average Bonchev–Trinajstić information content (AvgIpc) is 2.78. The van der Waals surface area contributed by atoms with Crippen LogP contribution >= 0.6 is 27.5 Å². The van der Waals surface area contributed by atoms with E-state index in [4.69, 9.17) is 16.3 Å². The Bertz CT molecular complexity index is 1370. The Kier molecular flexibility index (Phi) is 7.68. The fourth-order valence-corrected chi connectivity index (χ4v) is 3.70. The van der Waals surface area contributed by atoms with Crippen molar-refractivity contribution in [2.24, 2.45) is 5.10 Å². The van der Waals surface area contributed by atoms with Crippen LogP contribution in [-0.4, -0.2) is 40.0 Å². The summed E-state index contributed by atoms with van der Waals surface area (Å²) in [6.07, 6.45) is 0.0578. The molecule has 10 nitrogen and oxygen atoms in total. The predicted octanol–water partition coefficient (Wildman–Crippen LogP) is 4.67. The number of rotatable bonds is 7. The van der Waals surface area contributed by atoms with Crippen LogP contribution in [0.5, 0.6) is 5.75 Å². The van der Waals surface area contributed by atoms with Gasteiger partial charge >= 0.3 is 11.7 Å². The van der Waals surface area contributed by atoms with Crippen LogP contribution in [0.15, 0.2) is 44.7 Å². The second-order valence-corrected chi connectivity index (χ2v) is 8.88. The van der Waals surface area contributed by atoms with E-state index >= 15 is 0 Å². The molecule has 0 fully saturated rings. The van der Waals surface area contributed by atoms with Crippen molar-refractivity contribution in [3.05, 3.63) is 71.7 Å². The van der Waals surface area contributed by atoms with Crippen molar-refractivity contribution in [1.82, 2.24) is 9.66 Å². The molecule has 0 amide bonds. The van der Waals surface area contributed by atoms with Gasteiger partial charge in [0.1, 0.15) is 5.82 Å². The largest absolute Gasteiger partial charge is 0.471 e. The minimum absolute atomic E-state index is 0.0446. The second-order valence-electron chi connectivity index (χ2n) is 7.53. The summed E-state index contributed by atoms with van der Waals surface area (Å²) in [7, 11) is 1.17. The zero-order valence-electron chi connectivity index (χ0n) is 18.6. The number of ether oxygens (including phenoxy) is 2. The Labute approximate surface area is 207 Å². The molecule has 0 N–H and O–H groups in total. The van der Waals surface area contributed by atoms with Crippen molar-refractivity contribution in [1.29, 1.82) is 0 Å². The number of hydrogen-bond acceptors (Lipinski definition) is 8. The molecule has 3 aromatic rings. The van der Waals surface area contributed by atoms with E-state index in [1.54, 1.807) is 18.2 Å². The number of nitro benzene ring substituents is 1. The van der Waals surface area contributed by atoms with Crippen LogP contribution in [0.4, 0.5) is 5.69 Å². The van der Waals surface area contributed by atoms with Gasteiger partial charge in [0, 0.05) is 27.0 Å². The van der Waals surface area contributed by atoms with Gasteiger partial charge in [-0.3, -0.25) is 14.9 Å². The normalized spacial score (nSPS) is 12.3. The van der Waals surface area contributed by atoms with Gasteiger partial charge in [0.25, 0.3) is 5.56 Å². The van der Waals surface area contributed by atoms with E-state index in [1.807, 2.05) is 13.8 Å². The zero-order valence-corrected chi connectivity index (χ0v) is 21.0. The summed E-state index contributed by atoms with van der Waals surface area (Å²) in [5, 5.41) is 16.3. The number of hydrogen-bond donors (Lipinski definition) is 0. The standard InChI is InChI=1S/C22H20BrClN4O6/c1-11(2)20-26-17-6-5-14(23)8-16(17)21(29)27(20)25-10-13-7-15(24)9-18(28(31)32)19(13)34-12(3)22(30)33-4/h5-12H,1-4H3/t12-/m0/s1. The summed E-state index contributed by atoms with van der Waals surface area (Å²) in [5.74, 6) is -0.749. The molecule has 0 aliphatic carbocycles. The van der Waals surface area contributed by atoms with E-state index in [0.717, 1.165) is 10.7 Å². The van der Waals surface area contributed by atoms with E-state index < -0.39 is 28.2 Å². The molecule has 0 radical (unpaired) electrons. The fraction of sp³-hybridized carbons (Fsp3) is 0.273. The van der Waals surface area contributed by atoms with E-state index in [1.165, 1.54) is 26.3 Å². The third kappa shape index (κ3) is 5.26. The summed E-state index contributed by atoms with van der Waals surface area (Å²) in [6.45, 7) is 5.10. The van der Waals surface area contributed by atoms with E-state index in [2.05, 4.69) is 30.8 Å². The van der Waals surface area contributed by atoms with Gasteiger partial charge in [-0.05, 0) is 31.2 Å². The number of esters is 1. The lowest BCUT2D eigenvalue weighted by molar-refractivity contribution is -0.386. The average molecular weight is 552 g/mol. The van der Waals surface area contributed by atoms with E-state index in [-0.39, 0.29) is 22.3 Å². The maximum atomic E-state index is 13.2. The number of fused-ring (bicyclic) bond motifs is 1. The van der Waals surface area contributed by atoms with E-state index in [0.29, 0.717) is 21.2 Å². The van der Waals surface area contributed by atoms with Crippen molar-refractivity contribution < 1.29 is 19.2 Å². The van der Waals surface area contributed by atoms with Gasteiger partial charge in [-0.1, -0.05) is 41.4 Å². The van der Waals surface area contributed by atoms with Gasteiger partial charge in [-0.25, -0.2) is 9.78 Å². The number of carbonyl (C=O) groups excluding carboxylic acids is 1. The molecule has 1 aromatic heterocycles. The fourth-order valence-electron chi connectivity index (χ4n) is 3.12. The number of carbonyl (C=O) groups is 1. The Balaban J connectivity index is 2.22. The van der Waals surface area contributed by atoms with Crippen molar-refractivity contribution in [3.8, 4) is 5.75 Å². The van der Waals surface area contributed by atoms with Crippen LogP contribution in [-0.2, 0) is 9.53 Å². The second kappa shape index (κ2) is 10.3. The lowest BCUT2D eigenvalue weighted by atomic mass is 10.1. The lowest BCUT2D eigenvalue weighted by Gasteiger charge is -2.15. The van der Waals surface area contributed by atoms with Gasteiger partial charge in [-0.15, -0.1) is 0 Å². The molecule has 1 heterocycles. The van der Waals surface area contributed by atoms with Crippen LogP contribution < -0.4 is 10.3 Å². The smallest absolute Gasteiger partial charge is 0.346 e. The number of nitro groups is 1. The first kappa shape index (κ1) is 25.3. The molecular formula is C22H20BrClN4O6. The summed E-state index contributed by atoms with van der Waals surface area (Å²) < 4.78 is 12.0. The highest BCUT2D eigenvalue weighted by molar-refractivity contribution is 9.10. The van der Waals surface area contributed by atoms with E-state index in [9.17, 15) is 19.7 Å². The monoisotopic (exact) mass is 550 g/mol. The zero-order chi connectivity index (χ0) is 25.2. The van der Waals surface area contributed by atoms with Gasteiger partial charge in [-0.2, -0.15) is 9.78 Å². The highest BCUT2D eigenvalue weighted by Gasteiger charge is 2.25. The van der Waals surface area contributed by atoms with Crippen LogP contribution in [0.1, 0.15) is 38.1 Å². The van der Waals surface area contributed by atoms with Crippen molar-refractivity contribution in [3.63, 3.8) is 0 Å². The number of nitrogens with zero attached hydrogens (tertiary/aromatic N) is 4. The van der Waals surface area contributed by atoms with Crippen LogP contribution in [0.3, 0.4) is 0 Å². The Hall–Kier alpha value is -3.31. The molecule has 0 aliphatic rings. The van der Waals surface area contributed by atoms with Gasteiger partial charge < -0.3 is 9.47 Å². The molecular weight excluding hydrogens is 532 g/mol. The molecule has 1 atom stereocenters. The van der Waals surface area contributed by atoms with Crippen LogP contribution in [0.2, 0.25) is 5.02 Å². The molecule has 0 saturated carbocycles. The molecule has 12 heteroatoms. The maximum Gasteiger partial charge on any atom is 0.346 e. The molecule has 0 saturated heterocycles. The quantitative estimate of drug-likeness (QED) is 0.181. The van der Waals surface area contributed by atoms with Crippen molar-refractivity contribution in [2.75, 3.05) is 7.11 Å².